The van der Waals surface area contributed by atoms with Gasteiger partial charge >= 0.3 is 0 Å². The molecular weight excluding hydrogens is 226 g/mol. The molecule has 2 N–H and O–H groups in total. The SMILES string of the molecule is Cc1nn(C)cc1Cn1c(C)c(C)c(C#N)c1N. The molecule has 2 aromatic rings. The number of hydrogen-bond donors (Lipinski definition) is 1. The lowest BCUT2D eigenvalue weighted by molar-refractivity contribution is 0.755. The quantitative estimate of drug-likeness (QED) is 0.871. The van der Waals surface area contributed by atoms with E-state index in [1.807, 2.05) is 38.6 Å². The highest BCUT2D eigenvalue weighted by atomic mass is 15.3. The van der Waals surface area contributed by atoms with Gasteiger partial charge in [0.2, 0.25) is 0 Å². The van der Waals surface area contributed by atoms with Crippen LogP contribution in [0.25, 0.3) is 0 Å². The molecule has 5 nitrogen and oxygen atoms in total. The average molecular weight is 243 g/mol. The number of aromatic nitrogens is 3. The number of rotatable bonds is 2. The Morgan fingerprint density at radius 2 is 2.06 bits per heavy atom. The van der Waals surface area contributed by atoms with Crippen molar-refractivity contribution in [1.29, 1.82) is 5.26 Å². The summed E-state index contributed by atoms with van der Waals surface area (Å²) in [6.07, 6.45) is 1.98. The molecule has 2 rings (SSSR count). The Morgan fingerprint density at radius 3 is 2.50 bits per heavy atom. The molecule has 0 saturated carbocycles. The minimum Gasteiger partial charge on any atom is -0.384 e. The highest BCUT2D eigenvalue weighted by Gasteiger charge is 2.16. The van der Waals surface area contributed by atoms with Crippen molar-refractivity contribution in [1.82, 2.24) is 14.3 Å². The van der Waals surface area contributed by atoms with Crippen molar-refractivity contribution in [3.05, 3.63) is 34.3 Å². The van der Waals surface area contributed by atoms with E-state index in [9.17, 15) is 0 Å². The minimum absolute atomic E-state index is 0.538. The Bertz CT molecular complexity index is 639. The molecule has 0 atom stereocenters. The van der Waals surface area contributed by atoms with Gasteiger partial charge in [0.25, 0.3) is 0 Å². The standard InChI is InChI=1S/C13H17N5/c1-8-10(3)18(13(15)12(8)5-14)7-11-6-17(4)16-9(11)2/h6H,7,15H2,1-4H3. The summed E-state index contributed by atoms with van der Waals surface area (Å²) in [5, 5.41) is 13.4. The summed E-state index contributed by atoms with van der Waals surface area (Å²) < 4.78 is 3.76. The monoisotopic (exact) mass is 243 g/mol. The number of hydrogen-bond acceptors (Lipinski definition) is 3. The Labute approximate surface area is 106 Å². The van der Waals surface area contributed by atoms with Gasteiger partial charge in [0, 0.05) is 24.5 Å². The summed E-state index contributed by atoms with van der Waals surface area (Å²) in [5.74, 6) is 0.538. The van der Waals surface area contributed by atoms with Crippen LogP contribution in [0.3, 0.4) is 0 Å². The summed E-state index contributed by atoms with van der Waals surface area (Å²) in [5.41, 5.74) is 10.7. The van der Waals surface area contributed by atoms with Gasteiger partial charge in [-0.05, 0) is 26.3 Å². The Kier molecular flexibility index (Phi) is 2.87. The molecule has 2 aromatic heterocycles. The summed E-state index contributed by atoms with van der Waals surface area (Å²) in [6, 6.07) is 2.16. The van der Waals surface area contributed by atoms with Gasteiger partial charge in [-0.2, -0.15) is 10.4 Å². The zero-order valence-electron chi connectivity index (χ0n) is 11.2. The topological polar surface area (TPSA) is 72.6 Å². The number of nitrogens with zero attached hydrogens (tertiary/aromatic N) is 4. The third-order valence-corrected chi connectivity index (χ3v) is 3.42. The molecule has 0 aliphatic heterocycles. The van der Waals surface area contributed by atoms with Crippen LogP contribution >= 0.6 is 0 Å². The lowest BCUT2D eigenvalue weighted by atomic mass is 10.2. The third-order valence-electron chi connectivity index (χ3n) is 3.42. The van der Waals surface area contributed by atoms with Crippen LogP contribution in [0.4, 0.5) is 5.82 Å². The molecule has 0 fully saturated rings. The molecule has 18 heavy (non-hydrogen) atoms. The summed E-state index contributed by atoms with van der Waals surface area (Å²) in [7, 11) is 1.90. The maximum Gasteiger partial charge on any atom is 0.122 e. The van der Waals surface area contributed by atoms with E-state index in [2.05, 4.69) is 11.2 Å². The van der Waals surface area contributed by atoms with Crippen molar-refractivity contribution in [2.24, 2.45) is 7.05 Å². The molecule has 0 spiro atoms. The number of anilines is 1. The minimum atomic E-state index is 0.538. The van der Waals surface area contributed by atoms with E-state index >= 15 is 0 Å². The molecule has 0 unspecified atom stereocenters. The molecule has 0 aliphatic carbocycles. The lowest BCUT2D eigenvalue weighted by Gasteiger charge is -2.08. The molecule has 0 radical (unpaired) electrons. The number of aryl methyl sites for hydroxylation is 2. The van der Waals surface area contributed by atoms with Gasteiger partial charge in [-0.25, -0.2) is 0 Å². The first-order valence-electron chi connectivity index (χ1n) is 5.80. The van der Waals surface area contributed by atoms with Gasteiger partial charge in [0.05, 0.1) is 17.8 Å². The smallest absolute Gasteiger partial charge is 0.122 e. The second-order valence-electron chi connectivity index (χ2n) is 4.58. The van der Waals surface area contributed by atoms with E-state index in [-0.39, 0.29) is 0 Å². The van der Waals surface area contributed by atoms with E-state index < -0.39 is 0 Å². The predicted octanol–water partition coefficient (Wildman–Crippen LogP) is 1.65. The fraction of sp³-hybridized carbons (Fsp3) is 0.385. The third kappa shape index (κ3) is 1.76. The maximum absolute atomic E-state index is 9.10. The first-order valence-corrected chi connectivity index (χ1v) is 5.80. The van der Waals surface area contributed by atoms with Crippen molar-refractivity contribution in [3.63, 3.8) is 0 Å². The van der Waals surface area contributed by atoms with Crippen LogP contribution < -0.4 is 5.73 Å². The fourth-order valence-corrected chi connectivity index (χ4v) is 2.21. The van der Waals surface area contributed by atoms with Crippen molar-refractivity contribution in [2.45, 2.75) is 27.3 Å². The summed E-state index contributed by atoms with van der Waals surface area (Å²) in [4.78, 5) is 0. The van der Waals surface area contributed by atoms with Gasteiger partial charge in [-0.15, -0.1) is 0 Å². The number of nitrogens with two attached hydrogens (primary N) is 1. The second kappa shape index (κ2) is 4.22. The van der Waals surface area contributed by atoms with Crippen molar-refractivity contribution < 1.29 is 0 Å². The van der Waals surface area contributed by atoms with E-state index in [0.29, 0.717) is 17.9 Å². The van der Waals surface area contributed by atoms with Crippen molar-refractivity contribution in [2.75, 3.05) is 5.73 Å². The van der Waals surface area contributed by atoms with E-state index in [0.717, 1.165) is 22.5 Å². The van der Waals surface area contributed by atoms with Crippen LogP contribution in [-0.2, 0) is 13.6 Å². The zero-order chi connectivity index (χ0) is 13.4. The van der Waals surface area contributed by atoms with E-state index in [1.165, 1.54) is 0 Å². The molecule has 0 bridgehead atoms. The lowest BCUT2D eigenvalue weighted by Crippen LogP contribution is -2.06. The first-order chi connectivity index (χ1) is 8.45. The molecule has 0 amide bonds. The highest BCUT2D eigenvalue weighted by molar-refractivity contribution is 5.58. The van der Waals surface area contributed by atoms with Gasteiger partial charge in [-0.3, -0.25) is 4.68 Å². The fourth-order valence-electron chi connectivity index (χ4n) is 2.21. The van der Waals surface area contributed by atoms with E-state index in [1.54, 1.807) is 4.68 Å². The Hall–Kier alpha value is -2.22. The molecule has 94 valence electrons. The van der Waals surface area contributed by atoms with Crippen molar-refractivity contribution in [3.8, 4) is 6.07 Å². The van der Waals surface area contributed by atoms with Gasteiger partial charge < -0.3 is 10.3 Å². The molecule has 0 aromatic carbocycles. The maximum atomic E-state index is 9.10. The number of nitriles is 1. The Morgan fingerprint density at radius 1 is 1.39 bits per heavy atom. The molecule has 0 saturated heterocycles. The molecular formula is C13H17N5. The summed E-state index contributed by atoms with van der Waals surface area (Å²) in [6.45, 7) is 6.54. The first kappa shape index (κ1) is 12.2. The zero-order valence-corrected chi connectivity index (χ0v) is 11.2. The molecule has 5 heteroatoms. The Balaban J connectivity index is 2.48. The number of nitrogen functional groups attached to an aromatic ring is 1. The van der Waals surface area contributed by atoms with Gasteiger partial charge in [0.1, 0.15) is 11.9 Å². The largest absolute Gasteiger partial charge is 0.384 e. The molecule has 0 aliphatic rings. The van der Waals surface area contributed by atoms with Crippen LogP contribution in [0.15, 0.2) is 6.20 Å². The van der Waals surface area contributed by atoms with Crippen molar-refractivity contribution >= 4 is 5.82 Å². The van der Waals surface area contributed by atoms with Crippen LogP contribution in [0.1, 0.15) is 28.1 Å². The molecule has 2 heterocycles. The second-order valence-corrected chi connectivity index (χ2v) is 4.58. The van der Waals surface area contributed by atoms with E-state index in [4.69, 9.17) is 11.0 Å². The van der Waals surface area contributed by atoms with Crippen LogP contribution in [0.2, 0.25) is 0 Å². The normalized spacial score (nSPS) is 10.6. The predicted molar refractivity (Wildman–Crippen MR) is 70.1 cm³/mol. The average Bonchev–Trinajstić information content (AvgIpc) is 2.72. The highest BCUT2D eigenvalue weighted by Crippen LogP contribution is 2.24. The van der Waals surface area contributed by atoms with Crippen LogP contribution in [0.5, 0.6) is 0 Å². The summed E-state index contributed by atoms with van der Waals surface area (Å²) >= 11 is 0. The van der Waals surface area contributed by atoms with Gasteiger partial charge in [-0.1, -0.05) is 0 Å². The van der Waals surface area contributed by atoms with Crippen LogP contribution in [-0.4, -0.2) is 14.3 Å². The van der Waals surface area contributed by atoms with Crippen LogP contribution in [0, 0.1) is 32.1 Å². The van der Waals surface area contributed by atoms with Gasteiger partial charge in [0.15, 0.2) is 0 Å².